The quantitative estimate of drug-likeness (QED) is 0.0618. The van der Waals surface area contributed by atoms with Crippen LogP contribution in [0, 0.1) is 0 Å². The first kappa shape index (κ1) is 42.1. The molecule has 0 aliphatic heterocycles. The normalized spacial score (nSPS) is 12.9. The van der Waals surface area contributed by atoms with Crippen molar-refractivity contribution in [1.82, 2.24) is 15.0 Å². The average Bonchev–Trinajstić information content (AvgIpc) is 3.05. The SMILES string of the molecule is O=S(=O)(O)OCCS(=O)(=O)c1ccc(Nc2nc(Cl)nc(Nc3cc(S(=O)(=O)O)cc4cc(S(=O)(=O)O)c(N=Nc5cccc(S(=O)(=O)O)c5)c(O)c34)n2)cc1. The third kappa shape index (κ3) is 10.4. The lowest BCUT2D eigenvalue weighted by molar-refractivity contribution is 0.284. The zero-order chi connectivity index (χ0) is 41.4. The van der Waals surface area contributed by atoms with Crippen LogP contribution >= 0.6 is 11.6 Å². The topological polar surface area (TPSA) is 369 Å². The lowest BCUT2D eigenvalue weighted by Crippen LogP contribution is -2.15. The molecule has 0 bridgehead atoms. The zero-order valence-electron chi connectivity index (χ0n) is 27.1. The maximum absolute atomic E-state index is 12.5. The van der Waals surface area contributed by atoms with Crippen LogP contribution in [0.25, 0.3) is 10.8 Å². The zero-order valence-corrected chi connectivity index (χ0v) is 32.0. The molecule has 0 aliphatic carbocycles. The monoisotopic (exact) mass is 895 g/mol. The van der Waals surface area contributed by atoms with Crippen molar-refractivity contribution in [2.24, 2.45) is 10.2 Å². The molecule has 1 heterocycles. The van der Waals surface area contributed by atoms with Gasteiger partial charge in [-0.1, -0.05) is 6.07 Å². The number of azo groups is 1. The van der Waals surface area contributed by atoms with Gasteiger partial charge in [0.05, 0.1) is 38.4 Å². The molecular formula is C27H22ClN7O16S5. The van der Waals surface area contributed by atoms with Crippen molar-refractivity contribution in [3.8, 4) is 5.75 Å². The number of benzene rings is 4. The van der Waals surface area contributed by atoms with Gasteiger partial charge < -0.3 is 15.7 Å². The van der Waals surface area contributed by atoms with Gasteiger partial charge in [-0.15, -0.1) is 5.11 Å². The molecule has 0 unspecified atom stereocenters. The van der Waals surface area contributed by atoms with Crippen LogP contribution in [0.1, 0.15) is 0 Å². The summed E-state index contributed by atoms with van der Waals surface area (Å²) in [4.78, 5) is 8.99. The minimum Gasteiger partial charge on any atom is -0.505 e. The fourth-order valence-electron chi connectivity index (χ4n) is 4.64. The molecule has 1 aromatic heterocycles. The predicted molar refractivity (Wildman–Crippen MR) is 193 cm³/mol. The van der Waals surface area contributed by atoms with E-state index in [0.29, 0.717) is 6.07 Å². The minimum absolute atomic E-state index is 0.165. The smallest absolute Gasteiger partial charge is 0.397 e. The molecule has 0 amide bonds. The Morgan fingerprint density at radius 1 is 0.679 bits per heavy atom. The highest BCUT2D eigenvalue weighted by Gasteiger charge is 2.26. The lowest BCUT2D eigenvalue weighted by Gasteiger charge is -2.15. The highest BCUT2D eigenvalue weighted by atomic mass is 35.5. The van der Waals surface area contributed by atoms with Crippen molar-refractivity contribution in [1.29, 1.82) is 0 Å². The highest BCUT2D eigenvalue weighted by Crippen LogP contribution is 2.45. The van der Waals surface area contributed by atoms with E-state index in [1.165, 1.54) is 18.2 Å². The number of nitrogens with zero attached hydrogens (tertiary/aromatic N) is 5. The number of anilines is 4. The Kier molecular flexibility index (Phi) is 11.7. The number of aromatic hydroxyl groups is 1. The van der Waals surface area contributed by atoms with Crippen LogP contribution < -0.4 is 10.6 Å². The summed E-state index contributed by atoms with van der Waals surface area (Å²) in [5.74, 6) is -2.64. The largest absolute Gasteiger partial charge is 0.505 e. The van der Waals surface area contributed by atoms with Crippen molar-refractivity contribution in [2.75, 3.05) is 23.0 Å². The number of hydrogen-bond acceptors (Lipinski definition) is 19. The van der Waals surface area contributed by atoms with E-state index in [1.807, 2.05) is 0 Å². The molecule has 0 saturated heterocycles. The Labute approximate surface area is 321 Å². The molecule has 0 fully saturated rings. The molecule has 29 heteroatoms. The van der Waals surface area contributed by atoms with Crippen LogP contribution in [0.4, 0.5) is 34.6 Å². The van der Waals surface area contributed by atoms with Crippen LogP contribution in [0.2, 0.25) is 5.28 Å². The highest BCUT2D eigenvalue weighted by molar-refractivity contribution is 7.91. The second kappa shape index (κ2) is 15.5. The summed E-state index contributed by atoms with van der Waals surface area (Å²) in [5.41, 5.74) is -1.49. The molecule has 4 aromatic carbocycles. The van der Waals surface area contributed by atoms with E-state index < -0.39 is 117 Å². The first-order valence-corrected chi connectivity index (χ1v) is 22.2. The van der Waals surface area contributed by atoms with E-state index in [2.05, 4.69) is 40.0 Å². The van der Waals surface area contributed by atoms with E-state index in [-0.39, 0.29) is 22.2 Å². The van der Waals surface area contributed by atoms with Crippen LogP contribution in [0.3, 0.4) is 0 Å². The van der Waals surface area contributed by atoms with Gasteiger partial charge in [0.2, 0.25) is 17.2 Å². The standard InChI is InChI=1S/C27H22ClN7O16S5/c28-25-31-26(29-15-4-6-17(7-5-15)52(37,38)9-8-51-56(48,49)50)33-27(32-25)30-20-13-19(54(42,43)44)10-14-11-21(55(45,46)47)23(24(36)22(14)20)35-34-16-2-1-3-18(12-16)53(39,40)41/h1-7,10-13,36H,8-9H2,(H,39,40,41)(H,42,43,44)(H,45,46,47)(H,48,49,50)(H2,29,30,31,32,33). The lowest BCUT2D eigenvalue weighted by atomic mass is 10.1. The number of hydrogen-bond donors (Lipinski definition) is 7. The number of phenols is 1. The summed E-state index contributed by atoms with van der Waals surface area (Å²) >= 11 is 6.08. The maximum Gasteiger partial charge on any atom is 0.397 e. The third-order valence-electron chi connectivity index (χ3n) is 6.99. The van der Waals surface area contributed by atoms with Gasteiger partial charge in [-0.05, 0) is 77.7 Å². The Hall–Kier alpha value is -5.01. The van der Waals surface area contributed by atoms with Gasteiger partial charge >= 0.3 is 10.4 Å². The van der Waals surface area contributed by atoms with Crippen LogP contribution in [0.5, 0.6) is 5.75 Å². The molecule has 5 rings (SSSR count). The van der Waals surface area contributed by atoms with Gasteiger partial charge in [0.15, 0.2) is 15.6 Å². The van der Waals surface area contributed by atoms with Crippen molar-refractivity contribution in [2.45, 2.75) is 19.6 Å². The van der Waals surface area contributed by atoms with Gasteiger partial charge in [-0.3, -0.25) is 18.2 Å². The number of halogens is 1. The Balaban J connectivity index is 1.56. The first-order chi connectivity index (χ1) is 25.8. The Morgan fingerprint density at radius 2 is 1.30 bits per heavy atom. The second-order valence-electron chi connectivity index (χ2n) is 10.9. The number of fused-ring (bicyclic) bond motifs is 1. The molecule has 23 nitrogen and oxygen atoms in total. The van der Waals surface area contributed by atoms with Crippen LogP contribution in [-0.4, -0.2) is 92.7 Å². The van der Waals surface area contributed by atoms with E-state index in [0.717, 1.165) is 42.5 Å². The molecule has 0 atom stereocenters. The minimum atomic E-state index is -5.28. The molecular weight excluding hydrogens is 874 g/mol. The summed E-state index contributed by atoms with van der Waals surface area (Å²) in [6.45, 7) is -0.859. The molecule has 298 valence electrons. The Morgan fingerprint density at radius 3 is 1.89 bits per heavy atom. The van der Waals surface area contributed by atoms with Gasteiger partial charge in [0.1, 0.15) is 10.6 Å². The molecule has 0 radical (unpaired) electrons. The summed E-state index contributed by atoms with van der Waals surface area (Å²) in [7, 11) is -24.0. The number of rotatable bonds is 14. The van der Waals surface area contributed by atoms with Crippen molar-refractivity contribution in [3.63, 3.8) is 0 Å². The van der Waals surface area contributed by atoms with E-state index in [4.69, 9.17) is 16.2 Å². The fraction of sp³-hybridized carbons (Fsp3) is 0.0741. The van der Waals surface area contributed by atoms with Gasteiger partial charge in [0.25, 0.3) is 30.4 Å². The van der Waals surface area contributed by atoms with Gasteiger partial charge in [0, 0.05) is 11.1 Å². The fourth-order valence-corrected chi connectivity index (χ4v) is 8.01. The molecule has 0 spiro atoms. The van der Waals surface area contributed by atoms with E-state index >= 15 is 0 Å². The number of sulfone groups is 1. The van der Waals surface area contributed by atoms with Crippen molar-refractivity contribution < 1.29 is 69.6 Å². The van der Waals surface area contributed by atoms with E-state index in [1.54, 1.807) is 0 Å². The number of phenolic OH excluding ortho intramolecular Hbond substituents is 1. The molecule has 0 aliphatic rings. The van der Waals surface area contributed by atoms with Crippen LogP contribution in [0.15, 0.2) is 96.5 Å². The molecule has 56 heavy (non-hydrogen) atoms. The van der Waals surface area contributed by atoms with Crippen molar-refractivity contribution >= 4 is 108 Å². The predicted octanol–water partition coefficient (Wildman–Crippen LogP) is 3.62. The summed E-state index contributed by atoms with van der Waals surface area (Å²) in [6.07, 6.45) is 0. The van der Waals surface area contributed by atoms with Crippen LogP contribution in [-0.2, 0) is 54.8 Å². The first-order valence-electron chi connectivity index (χ1n) is 14.5. The number of aromatic nitrogens is 3. The summed E-state index contributed by atoms with van der Waals surface area (Å²) in [5, 5.41) is 22.7. The maximum atomic E-state index is 12.5. The van der Waals surface area contributed by atoms with Gasteiger partial charge in [-0.25, -0.2) is 12.6 Å². The third-order valence-corrected chi connectivity index (χ3v) is 11.9. The summed E-state index contributed by atoms with van der Waals surface area (Å²) < 4.78 is 161. The summed E-state index contributed by atoms with van der Waals surface area (Å²) in [6, 6.07) is 11.1. The number of nitrogens with one attached hydrogen (secondary N) is 2. The molecule has 0 saturated carbocycles. The Bertz CT molecular complexity index is 2990. The average molecular weight is 896 g/mol. The van der Waals surface area contributed by atoms with Crippen molar-refractivity contribution in [3.05, 3.63) is 72.0 Å². The molecule has 5 aromatic rings. The second-order valence-corrected chi connectivity index (χ2v) is 18.6. The van der Waals surface area contributed by atoms with Gasteiger partial charge in [-0.2, -0.15) is 53.7 Å². The van der Waals surface area contributed by atoms with E-state index in [9.17, 15) is 60.9 Å². The molecule has 7 N–H and O–H groups in total.